The van der Waals surface area contributed by atoms with E-state index in [4.69, 9.17) is 14.2 Å². The number of ether oxygens (including phenoxy) is 3. The highest BCUT2D eigenvalue weighted by atomic mass is 19.1. The first-order valence-electron chi connectivity index (χ1n) is 12.1. The van der Waals surface area contributed by atoms with Crippen LogP contribution in [0.25, 0.3) is 5.88 Å². The molecule has 2 aromatic carbocycles. The molecule has 7 heteroatoms. The topological polar surface area (TPSA) is 73.5 Å². The molecule has 0 saturated carbocycles. The van der Waals surface area contributed by atoms with Crippen LogP contribution in [0.4, 0.5) is 4.39 Å². The van der Waals surface area contributed by atoms with Crippen molar-refractivity contribution in [1.29, 1.82) is 5.26 Å². The van der Waals surface area contributed by atoms with E-state index in [9.17, 15) is 14.4 Å². The Kier molecular flexibility index (Phi) is 6.34. The van der Waals surface area contributed by atoms with Crippen molar-refractivity contribution in [3.8, 4) is 17.6 Å². The third-order valence-corrected chi connectivity index (χ3v) is 6.73. The lowest BCUT2D eigenvalue weighted by Gasteiger charge is -2.38. The van der Waals surface area contributed by atoms with E-state index in [1.807, 2.05) is 44.4 Å². The maximum atomic E-state index is 14.1. The summed E-state index contributed by atoms with van der Waals surface area (Å²) >= 11 is 0. The number of allylic oxidation sites excluding steroid dienone is 3. The first-order chi connectivity index (χ1) is 17.8. The second kappa shape index (κ2) is 9.62. The minimum Gasteiger partial charge on any atom is -0.493 e. The van der Waals surface area contributed by atoms with E-state index in [1.165, 1.54) is 13.2 Å². The summed E-state index contributed by atoms with van der Waals surface area (Å²) < 4.78 is 33.6. The van der Waals surface area contributed by atoms with Crippen LogP contribution in [0.3, 0.4) is 0 Å². The molecule has 0 amide bonds. The van der Waals surface area contributed by atoms with Crippen LogP contribution in [0.2, 0.25) is 0 Å². The van der Waals surface area contributed by atoms with Gasteiger partial charge in [0, 0.05) is 36.4 Å². The molecule has 0 bridgehead atoms. The Morgan fingerprint density at radius 1 is 1.11 bits per heavy atom. The first kappa shape index (κ1) is 24.4. The normalized spacial score (nSPS) is 18.7. The lowest BCUT2D eigenvalue weighted by atomic mass is 9.70. The summed E-state index contributed by atoms with van der Waals surface area (Å²) in [6.45, 7) is 4.11. The third-order valence-electron chi connectivity index (χ3n) is 6.73. The highest BCUT2D eigenvalue weighted by Crippen LogP contribution is 2.50. The van der Waals surface area contributed by atoms with Gasteiger partial charge in [-0.3, -0.25) is 9.36 Å². The quantitative estimate of drug-likeness (QED) is 0.395. The summed E-state index contributed by atoms with van der Waals surface area (Å²) in [6.07, 6.45) is 4.57. The summed E-state index contributed by atoms with van der Waals surface area (Å²) in [4.78, 5) is 13.4. The summed E-state index contributed by atoms with van der Waals surface area (Å²) in [6, 6.07) is 17.7. The molecule has 37 heavy (non-hydrogen) atoms. The molecule has 1 aliphatic carbocycles. The Labute approximate surface area is 215 Å². The van der Waals surface area contributed by atoms with Crippen LogP contribution in [0.15, 0.2) is 83.9 Å². The predicted molar refractivity (Wildman–Crippen MR) is 136 cm³/mol. The van der Waals surface area contributed by atoms with Crippen molar-refractivity contribution in [1.82, 2.24) is 4.57 Å². The van der Waals surface area contributed by atoms with Crippen molar-refractivity contribution in [3.05, 3.63) is 101 Å². The lowest BCUT2D eigenvalue weighted by Crippen LogP contribution is -2.32. The van der Waals surface area contributed by atoms with Gasteiger partial charge in [-0.05, 0) is 41.3 Å². The Bertz CT molecular complexity index is 1460. The van der Waals surface area contributed by atoms with Crippen molar-refractivity contribution in [2.24, 2.45) is 5.41 Å². The van der Waals surface area contributed by atoms with Gasteiger partial charge in [-0.15, -0.1) is 0 Å². The molecule has 2 heterocycles. The SMILES string of the molecule is COc1cc([C@@H]2C(C#N)=C(n3cccc3)OC3=C2C(=O)CC(C)(C)C3)ccc1OCc1ccccc1F. The molecule has 1 atom stereocenters. The number of ketones is 1. The van der Waals surface area contributed by atoms with Crippen molar-refractivity contribution in [3.63, 3.8) is 0 Å². The molecule has 0 spiro atoms. The van der Waals surface area contributed by atoms with Gasteiger partial charge in [-0.2, -0.15) is 5.26 Å². The van der Waals surface area contributed by atoms with Crippen LogP contribution in [0, 0.1) is 22.6 Å². The smallest absolute Gasteiger partial charge is 0.218 e. The van der Waals surface area contributed by atoms with Gasteiger partial charge in [-0.1, -0.05) is 38.1 Å². The number of nitrogens with zero attached hydrogens (tertiary/aromatic N) is 2. The van der Waals surface area contributed by atoms with Crippen molar-refractivity contribution in [2.45, 2.75) is 39.2 Å². The third kappa shape index (κ3) is 4.63. The molecule has 0 saturated heterocycles. The van der Waals surface area contributed by atoms with Crippen LogP contribution >= 0.6 is 0 Å². The van der Waals surface area contributed by atoms with Crippen molar-refractivity contribution < 1.29 is 23.4 Å². The van der Waals surface area contributed by atoms with Crippen LogP contribution in [0.1, 0.15) is 43.7 Å². The summed E-state index contributed by atoms with van der Waals surface area (Å²) in [7, 11) is 1.52. The lowest BCUT2D eigenvalue weighted by molar-refractivity contribution is -0.118. The second-order valence-electron chi connectivity index (χ2n) is 10.0. The highest BCUT2D eigenvalue weighted by molar-refractivity contribution is 6.00. The average molecular weight is 499 g/mol. The maximum Gasteiger partial charge on any atom is 0.218 e. The fourth-order valence-electron chi connectivity index (χ4n) is 4.99. The van der Waals surface area contributed by atoms with Crippen LogP contribution < -0.4 is 9.47 Å². The molecule has 1 aromatic heterocycles. The molecule has 2 aliphatic rings. The molecule has 0 N–H and O–H groups in total. The highest BCUT2D eigenvalue weighted by Gasteiger charge is 2.43. The van der Waals surface area contributed by atoms with Gasteiger partial charge in [0.05, 0.1) is 13.0 Å². The largest absolute Gasteiger partial charge is 0.493 e. The van der Waals surface area contributed by atoms with Crippen LogP contribution in [0.5, 0.6) is 11.5 Å². The molecule has 6 nitrogen and oxygen atoms in total. The van der Waals surface area contributed by atoms with Crippen molar-refractivity contribution in [2.75, 3.05) is 7.11 Å². The molecule has 5 rings (SSSR count). The number of methoxy groups -OCH3 is 1. The number of rotatable bonds is 6. The number of carbonyl (C=O) groups excluding carboxylic acids is 1. The van der Waals surface area contributed by atoms with E-state index in [0.29, 0.717) is 58.3 Å². The molecule has 1 aliphatic heterocycles. The van der Waals surface area contributed by atoms with Gasteiger partial charge in [-0.25, -0.2) is 4.39 Å². The van der Waals surface area contributed by atoms with Gasteiger partial charge in [0.2, 0.25) is 5.88 Å². The van der Waals surface area contributed by atoms with Gasteiger partial charge < -0.3 is 14.2 Å². The molecular formula is C30H27FN2O4. The molecule has 0 unspecified atom stereocenters. The van der Waals surface area contributed by atoms with E-state index >= 15 is 0 Å². The summed E-state index contributed by atoms with van der Waals surface area (Å²) in [5, 5.41) is 10.3. The fraction of sp³-hybridized carbons (Fsp3) is 0.267. The number of halogens is 1. The minimum absolute atomic E-state index is 0.0314. The standard InChI is InChI=1S/C30H27FN2O4/c1-30(2)15-23(34)28-26(16-30)37-29(33-12-6-7-13-33)21(17-32)27(28)19-10-11-24(25(14-19)35-3)36-18-20-8-4-5-9-22(20)31/h4-14,27H,15-16,18H2,1-3H3/t27-/m1/s1. The van der Waals surface area contributed by atoms with E-state index in [1.54, 1.807) is 34.9 Å². The fourth-order valence-corrected chi connectivity index (χ4v) is 4.99. The van der Waals surface area contributed by atoms with Crippen molar-refractivity contribution >= 4 is 11.7 Å². The Hall–Kier alpha value is -4.31. The Morgan fingerprint density at radius 2 is 1.86 bits per heavy atom. The number of carbonyl (C=O) groups is 1. The number of hydrogen-bond donors (Lipinski definition) is 0. The zero-order valence-electron chi connectivity index (χ0n) is 21.0. The molecule has 3 aromatic rings. The van der Waals surface area contributed by atoms with Crippen LogP contribution in [-0.2, 0) is 16.1 Å². The van der Waals surface area contributed by atoms with Gasteiger partial charge >= 0.3 is 0 Å². The average Bonchev–Trinajstić information content (AvgIpc) is 3.41. The number of benzene rings is 2. The number of nitriles is 1. The van der Waals surface area contributed by atoms with E-state index in [2.05, 4.69) is 6.07 Å². The first-order valence-corrected chi connectivity index (χ1v) is 12.1. The molecule has 0 fully saturated rings. The van der Waals surface area contributed by atoms with Crippen LogP contribution in [-0.4, -0.2) is 17.5 Å². The summed E-state index contributed by atoms with van der Waals surface area (Å²) in [5.74, 6) is 0.831. The summed E-state index contributed by atoms with van der Waals surface area (Å²) in [5.41, 5.74) is 1.72. The second-order valence-corrected chi connectivity index (χ2v) is 10.0. The zero-order chi connectivity index (χ0) is 26.2. The van der Waals surface area contributed by atoms with Gasteiger partial charge in [0.25, 0.3) is 0 Å². The Morgan fingerprint density at radius 3 is 2.57 bits per heavy atom. The maximum absolute atomic E-state index is 14.1. The monoisotopic (exact) mass is 498 g/mol. The Balaban J connectivity index is 1.58. The number of hydrogen-bond acceptors (Lipinski definition) is 5. The van der Waals surface area contributed by atoms with E-state index in [-0.39, 0.29) is 23.6 Å². The van der Waals surface area contributed by atoms with Gasteiger partial charge in [0.15, 0.2) is 17.3 Å². The number of aromatic nitrogens is 1. The minimum atomic E-state index is -0.621. The van der Waals surface area contributed by atoms with Gasteiger partial charge in [0.1, 0.15) is 29.8 Å². The van der Waals surface area contributed by atoms with E-state index in [0.717, 1.165) is 0 Å². The molecular weight excluding hydrogens is 471 g/mol. The predicted octanol–water partition coefficient (Wildman–Crippen LogP) is 6.36. The molecule has 0 radical (unpaired) electrons. The zero-order valence-corrected chi connectivity index (χ0v) is 21.0. The number of Topliss-reactive ketones (excluding diaryl/α,β-unsaturated/α-hetero) is 1. The van der Waals surface area contributed by atoms with E-state index < -0.39 is 5.92 Å². The molecule has 188 valence electrons.